The number of nitrogens with two attached hydrogens (primary N) is 1. The van der Waals surface area contributed by atoms with Gasteiger partial charge in [-0.3, -0.25) is 4.68 Å². The van der Waals surface area contributed by atoms with Crippen molar-refractivity contribution in [1.29, 1.82) is 0 Å². The third kappa shape index (κ3) is 3.34. The standard InChI is InChI=1S/C13H25N3/c1-5-10(3)13(14)9-12-7-8-16(15-12)11(4)6-2/h7-8,10-11,13H,5-6,9,14H2,1-4H3. The molecule has 0 saturated carbocycles. The van der Waals surface area contributed by atoms with Crippen molar-refractivity contribution < 1.29 is 0 Å². The Hall–Kier alpha value is -0.830. The summed E-state index contributed by atoms with van der Waals surface area (Å²) in [5.74, 6) is 0.564. The summed E-state index contributed by atoms with van der Waals surface area (Å²) in [6.07, 6.45) is 5.19. The van der Waals surface area contributed by atoms with Gasteiger partial charge in [-0.2, -0.15) is 5.10 Å². The Balaban J connectivity index is 2.58. The zero-order valence-electron chi connectivity index (χ0n) is 11.0. The molecule has 1 aromatic rings. The van der Waals surface area contributed by atoms with Crippen molar-refractivity contribution in [1.82, 2.24) is 9.78 Å². The van der Waals surface area contributed by atoms with Gasteiger partial charge in [0, 0.05) is 24.7 Å². The molecule has 0 spiro atoms. The van der Waals surface area contributed by atoms with Crippen molar-refractivity contribution in [3.8, 4) is 0 Å². The van der Waals surface area contributed by atoms with E-state index >= 15 is 0 Å². The lowest BCUT2D eigenvalue weighted by atomic mass is 9.96. The fourth-order valence-electron chi connectivity index (χ4n) is 1.66. The van der Waals surface area contributed by atoms with E-state index in [2.05, 4.69) is 45.1 Å². The van der Waals surface area contributed by atoms with Crippen molar-refractivity contribution >= 4 is 0 Å². The first kappa shape index (κ1) is 13.2. The Morgan fingerprint density at radius 2 is 2.00 bits per heavy atom. The Labute approximate surface area is 99.0 Å². The molecule has 0 bridgehead atoms. The van der Waals surface area contributed by atoms with Crippen LogP contribution in [-0.4, -0.2) is 15.8 Å². The van der Waals surface area contributed by atoms with Gasteiger partial charge in [0.15, 0.2) is 0 Å². The van der Waals surface area contributed by atoms with Crippen LogP contribution < -0.4 is 5.73 Å². The largest absolute Gasteiger partial charge is 0.327 e. The lowest BCUT2D eigenvalue weighted by molar-refractivity contribution is 0.428. The van der Waals surface area contributed by atoms with Crippen LogP contribution in [0.4, 0.5) is 0 Å². The van der Waals surface area contributed by atoms with Gasteiger partial charge in [0.25, 0.3) is 0 Å². The van der Waals surface area contributed by atoms with E-state index < -0.39 is 0 Å². The second kappa shape index (κ2) is 6.04. The van der Waals surface area contributed by atoms with Crippen molar-refractivity contribution in [2.45, 2.75) is 59.0 Å². The maximum atomic E-state index is 6.13. The van der Waals surface area contributed by atoms with Crippen LogP contribution in [0.5, 0.6) is 0 Å². The summed E-state index contributed by atoms with van der Waals surface area (Å²) in [4.78, 5) is 0. The third-order valence-electron chi connectivity index (χ3n) is 3.53. The molecular weight excluding hydrogens is 198 g/mol. The SMILES string of the molecule is CCC(C)C(N)Cc1ccn(C(C)CC)n1. The fraction of sp³-hybridized carbons (Fsp3) is 0.769. The molecular formula is C13H25N3. The van der Waals surface area contributed by atoms with Gasteiger partial charge >= 0.3 is 0 Å². The molecule has 0 aliphatic rings. The first-order valence-electron chi connectivity index (χ1n) is 6.38. The van der Waals surface area contributed by atoms with E-state index in [1.165, 1.54) is 0 Å². The van der Waals surface area contributed by atoms with Crippen LogP contribution in [0.3, 0.4) is 0 Å². The fourth-order valence-corrected chi connectivity index (χ4v) is 1.66. The molecule has 2 N–H and O–H groups in total. The van der Waals surface area contributed by atoms with E-state index in [9.17, 15) is 0 Å². The van der Waals surface area contributed by atoms with E-state index in [-0.39, 0.29) is 6.04 Å². The van der Waals surface area contributed by atoms with Crippen molar-refractivity contribution in [3.05, 3.63) is 18.0 Å². The Kier molecular flexibility index (Phi) is 5.00. The van der Waals surface area contributed by atoms with Gasteiger partial charge in [-0.1, -0.05) is 27.2 Å². The van der Waals surface area contributed by atoms with Crippen LogP contribution in [0.2, 0.25) is 0 Å². The monoisotopic (exact) mass is 223 g/mol. The lowest BCUT2D eigenvalue weighted by Gasteiger charge is -2.16. The molecule has 3 unspecified atom stereocenters. The zero-order chi connectivity index (χ0) is 12.1. The molecule has 1 rings (SSSR count). The van der Waals surface area contributed by atoms with Gasteiger partial charge in [-0.25, -0.2) is 0 Å². The van der Waals surface area contributed by atoms with Crippen LogP contribution in [0, 0.1) is 5.92 Å². The van der Waals surface area contributed by atoms with Crippen molar-refractivity contribution in [3.63, 3.8) is 0 Å². The smallest absolute Gasteiger partial charge is 0.0640 e. The molecule has 0 aliphatic heterocycles. The molecule has 3 heteroatoms. The van der Waals surface area contributed by atoms with E-state index in [4.69, 9.17) is 5.73 Å². The molecule has 1 heterocycles. The molecule has 92 valence electrons. The van der Waals surface area contributed by atoms with Gasteiger partial charge < -0.3 is 5.73 Å². The number of hydrogen-bond donors (Lipinski definition) is 1. The number of aromatic nitrogens is 2. The summed E-state index contributed by atoms with van der Waals surface area (Å²) >= 11 is 0. The molecule has 0 amide bonds. The van der Waals surface area contributed by atoms with Crippen LogP contribution in [-0.2, 0) is 6.42 Å². The highest BCUT2D eigenvalue weighted by Gasteiger charge is 2.13. The quantitative estimate of drug-likeness (QED) is 0.806. The molecule has 0 aliphatic carbocycles. The average Bonchev–Trinajstić information content (AvgIpc) is 2.75. The van der Waals surface area contributed by atoms with Crippen LogP contribution >= 0.6 is 0 Å². The molecule has 0 aromatic carbocycles. The van der Waals surface area contributed by atoms with Crippen molar-refractivity contribution in [2.24, 2.45) is 11.7 Å². The van der Waals surface area contributed by atoms with Gasteiger partial charge in [0.1, 0.15) is 0 Å². The first-order valence-corrected chi connectivity index (χ1v) is 6.38. The molecule has 0 saturated heterocycles. The molecule has 16 heavy (non-hydrogen) atoms. The average molecular weight is 223 g/mol. The summed E-state index contributed by atoms with van der Waals surface area (Å²) < 4.78 is 2.04. The molecule has 0 radical (unpaired) electrons. The maximum Gasteiger partial charge on any atom is 0.0640 e. The number of nitrogens with zero attached hydrogens (tertiary/aromatic N) is 2. The molecule has 3 nitrogen and oxygen atoms in total. The first-order chi connectivity index (χ1) is 7.58. The van der Waals surface area contributed by atoms with Crippen LogP contribution in [0.25, 0.3) is 0 Å². The minimum atomic E-state index is 0.227. The van der Waals surface area contributed by atoms with Gasteiger partial charge in [-0.15, -0.1) is 0 Å². The maximum absolute atomic E-state index is 6.13. The molecule has 1 aromatic heterocycles. The summed E-state index contributed by atoms with van der Waals surface area (Å²) in [5, 5.41) is 4.57. The predicted molar refractivity (Wildman–Crippen MR) is 68.4 cm³/mol. The van der Waals surface area contributed by atoms with Gasteiger partial charge in [0.2, 0.25) is 0 Å². The molecule has 3 atom stereocenters. The van der Waals surface area contributed by atoms with Gasteiger partial charge in [0.05, 0.1) is 5.69 Å². The summed E-state index contributed by atoms with van der Waals surface area (Å²) in [6.45, 7) is 8.75. The topological polar surface area (TPSA) is 43.8 Å². The lowest BCUT2D eigenvalue weighted by Crippen LogP contribution is -2.30. The van der Waals surface area contributed by atoms with E-state index in [1.807, 2.05) is 4.68 Å². The third-order valence-corrected chi connectivity index (χ3v) is 3.53. The Bertz CT molecular complexity index is 306. The normalized spacial score (nSPS) is 17.1. The number of rotatable bonds is 6. The van der Waals surface area contributed by atoms with E-state index in [0.717, 1.165) is 25.0 Å². The minimum Gasteiger partial charge on any atom is -0.327 e. The summed E-state index contributed by atoms with van der Waals surface area (Å²) in [7, 11) is 0. The highest BCUT2D eigenvalue weighted by atomic mass is 15.3. The predicted octanol–water partition coefficient (Wildman–Crippen LogP) is 2.77. The van der Waals surface area contributed by atoms with Gasteiger partial charge in [-0.05, 0) is 25.3 Å². The second-order valence-corrected chi connectivity index (χ2v) is 4.80. The highest BCUT2D eigenvalue weighted by molar-refractivity contribution is 5.02. The number of hydrogen-bond acceptors (Lipinski definition) is 2. The minimum absolute atomic E-state index is 0.227. The highest BCUT2D eigenvalue weighted by Crippen LogP contribution is 2.13. The van der Waals surface area contributed by atoms with E-state index in [1.54, 1.807) is 0 Å². The van der Waals surface area contributed by atoms with Crippen LogP contribution in [0.1, 0.15) is 52.3 Å². The Morgan fingerprint density at radius 1 is 1.31 bits per heavy atom. The summed E-state index contributed by atoms with van der Waals surface area (Å²) in [6, 6.07) is 2.80. The van der Waals surface area contributed by atoms with Crippen molar-refractivity contribution in [2.75, 3.05) is 0 Å². The Morgan fingerprint density at radius 3 is 2.56 bits per heavy atom. The molecule has 0 fully saturated rings. The van der Waals surface area contributed by atoms with Crippen LogP contribution in [0.15, 0.2) is 12.3 Å². The zero-order valence-corrected chi connectivity index (χ0v) is 11.0. The van der Waals surface area contributed by atoms with E-state index in [0.29, 0.717) is 12.0 Å². The second-order valence-electron chi connectivity index (χ2n) is 4.80. The summed E-state index contributed by atoms with van der Waals surface area (Å²) in [5.41, 5.74) is 7.25.